The summed E-state index contributed by atoms with van der Waals surface area (Å²) in [7, 11) is -2.54. The Labute approximate surface area is 179 Å². The Kier molecular flexibility index (Phi) is 5.65. The van der Waals surface area contributed by atoms with Crippen molar-refractivity contribution in [3.8, 4) is 5.88 Å². The van der Waals surface area contributed by atoms with Crippen molar-refractivity contribution in [3.05, 3.63) is 28.8 Å². The Morgan fingerprint density at radius 1 is 1.43 bits per heavy atom. The van der Waals surface area contributed by atoms with Gasteiger partial charge in [0.1, 0.15) is 23.2 Å². The van der Waals surface area contributed by atoms with Crippen molar-refractivity contribution in [1.82, 2.24) is 14.4 Å². The Balaban J connectivity index is 1.58. The van der Waals surface area contributed by atoms with E-state index in [1.807, 2.05) is 0 Å². The van der Waals surface area contributed by atoms with Gasteiger partial charge in [-0.1, -0.05) is 5.16 Å². The van der Waals surface area contributed by atoms with Gasteiger partial charge >= 0.3 is 10.2 Å². The number of halogens is 2. The lowest BCUT2D eigenvalue weighted by molar-refractivity contribution is -0.134. The molecule has 2 unspecified atom stereocenters. The molecule has 0 radical (unpaired) electrons. The number of carbonyl (C=O) groups is 1. The van der Waals surface area contributed by atoms with Crippen LogP contribution in [0.1, 0.15) is 6.42 Å². The SMILES string of the molecule is COc1nc(Br)c(F)cc1N1C(=O)COC2CN(S(=O)(=O)Nc3ccon3)CCC21. The minimum absolute atomic E-state index is 0.00359. The highest BCUT2D eigenvalue weighted by molar-refractivity contribution is 9.10. The monoisotopic (exact) mass is 505 g/mol. The molecule has 2 atom stereocenters. The zero-order valence-corrected chi connectivity index (χ0v) is 18.0. The molecule has 2 aliphatic rings. The summed E-state index contributed by atoms with van der Waals surface area (Å²) < 4.78 is 58.4. The molecule has 1 amide bonds. The number of rotatable bonds is 5. The summed E-state index contributed by atoms with van der Waals surface area (Å²) in [6, 6.07) is 2.02. The third kappa shape index (κ3) is 3.87. The van der Waals surface area contributed by atoms with Crippen LogP contribution in [0.5, 0.6) is 5.88 Å². The van der Waals surface area contributed by atoms with E-state index in [4.69, 9.17) is 9.47 Å². The number of hydrogen-bond donors (Lipinski definition) is 1. The number of pyridine rings is 1. The second kappa shape index (κ2) is 8.09. The number of aromatic nitrogens is 2. The summed E-state index contributed by atoms with van der Waals surface area (Å²) >= 11 is 3.00. The van der Waals surface area contributed by atoms with Crippen molar-refractivity contribution in [2.45, 2.75) is 18.6 Å². The van der Waals surface area contributed by atoms with Crippen molar-refractivity contribution >= 4 is 43.6 Å². The number of nitrogens with zero attached hydrogens (tertiary/aromatic N) is 4. The van der Waals surface area contributed by atoms with Crippen LogP contribution in [0.4, 0.5) is 15.9 Å². The number of methoxy groups -OCH3 is 1. The van der Waals surface area contributed by atoms with Crippen molar-refractivity contribution < 1.29 is 31.6 Å². The number of morpholine rings is 1. The number of piperidine rings is 1. The molecule has 0 aromatic carbocycles. The molecule has 0 spiro atoms. The van der Waals surface area contributed by atoms with Gasteiger partial charge in [-0.3, -0.25) is 14.4 Å². The molecule has 2 aromatic rings. The minimum Gasteiger partial charge on any atom is -0.479 e. The van der Waals surface area contributed by atoms with E-state index in [-0.39, 0.29) is 48.1 Å². The van der Waals surface area contributed by atoms with E-state index in [0.717, 1.165) is 6.07 Å². The lowest BCUT2D eigenvalue weighted by Gasteiger charge is -2.45. The Morgan fingerprint density at radius 2 is 2.23 bits per heavy atom. The molecule has 4 rings (SSSR count). The Bertz CT molecular complexity index is 1050. The summed E-state index contributed by atoms with van der Waals surface area (Å²) in [5.74, 6) is -0.923. The zero-order valence-electron chi connectivity index (χ0n) is 15.6. The molecule has 0 aliphatic carbocycles. The fourth-order valence-corrected chi connectivity index (χ4v) is 4.99. The van der Waals surface area contributed by atoms with Crippen LogP contribution in [0.2, 0.25) is 0 Å². The number of carbonyl (C=O) groups excluding carboxylic acids is 1. The topological polar surface area (TPSA) is 127 Å². The first kappa shape index (κ1) is 21.0. The summed E-state index contributed by atoms with van der Waals surface area (Å²) in [6.07, 6.45) is 0.884. The van der Waals surface area contributed by atoms with Gasteiger partial charge in [0.25, 0.3) is 5.91 Å². The molecule has 2 aromatic heterocycles. The molecule has 0 bridgehead atoms. The van der Waals surface area contributed by atoms with Crippen LogP contribution in [-0.4, -0.2) is 67.7 Å². The average Bonchev–Trinajstić information content (AvgIpc) is 3.21. The van der Waals surface area contributed by atoms with Crippen LogP contribution in [-0.2, 0) is 19.7 Å². The predicted molar refractivity (Wildman–Crippen MR) is 105 cm³/mol. The van der Waals surface area contributed by atoms with E-state index in [1.54, 1.807) is 0 Å². The number of amides is 1. The van der Waals surface area contributed by atoms with Crippen molar-refractivity contribution in [2.24, 2.45) is 0 Å². The maximum atomic E-state index is 14.2. The Morgan fingerprint density at radius 3 is 2.93 bits per heavy atom. The van der Waals surface area contributed by atoms with Crippen LogP contribution < -0.4 is 14.4 Å². The third-order valence-electron chi connectivity index (χ3n) is 4.85. The molecule has 4 heterocycles. The fraction of sp³-hybridized carbons (Fsp3) is 0.438. The number of fused-ring (bicyclic) bond motifs is 1. The van der Waals surface area contributed by atoms with Gasteiger partial charge < -0.3 is 14.0 Å². The van der Waals surface area contributed by atoms with Crippen LogP contribution in [0, 0.1) is 5.82 Å². The molecular weight excluding hydrogens is 489 g/mol. The molecule has 2 saturated heterocycles. The van der Waals surface area contributed by atoms with Gasteiger partial charge in [0.05, 0.1) is 19.3 Å². The van der Waals surface area contributed by atoms with Gasteiger partial charge in [-0.05, 0) is 22.4 Å². The summed E-state index contributed by atoms with van der Waals surface area (Å²) in [5, 5.41) is 3.54. The van der Waals surface area contributed by atoms with Gasteiger partial charge in [0.2, 0.25) is 5.88 Å². The lowest BCUT2D eigenvalue weighted by atomic mass is 9.99. The molecule has 162 valence electrons. The minimum atomic E-state index is -3.90. The highest BCUT2D eigenvalue weighted by atomic mass is 79.9. The number of anilines is 2. The van der Waals surface area contributed by atoms with Crippen LogP contribution in [0.15, 0.2) is 27.5 Å². The van der Waals surface area contributed by atoms with Crippen LogP contribution in [0.25, 0.3) is 0 Å². The Hall–Kier alpha value is -2.29. The summed E-state index contributed by atoms with van der Waals surface area (Å²) in [4.78, 5) is 18.0. The zero-order chi connectivity index (χ0) is 21.5. The van der Waals surface area contributed by atoms with Crippen molar-refractivity contribution in [3.63, 3.8) is 0 Å². The highest BCUT2D eigenvalue weighted by Gasteiger charge is 2.45. The second-order valence-corrected chi connectivity index (χ2v) is 9.03. The van der Waals surface area contributed by atoms with E-state index in [9.17, 15) is 17.6 Å². The quantitative estimate of drug-likeness (QED) is 0.599. The standard InChI is InChI=1S/C16H17BrFN5O6S/c1-27-16-11(6-9(18)15(17)19-16)23-10-2-4-22(7-12(10)28-8-14(23)24)30(25,26)21-13-3-5-29-20-13/h3,5-6,10,12H,2,4,7-8H2,1H3,(H,20,21). The van der Waals surface area contributed by atoms with Gasteiger partial charge in [-0.2, -0.15) is 12.7 Å². The maximum Gasteiger partial charge on any atom is 0.302 e. The molecule has 30 heavy (non-hydrogen) atoms. The smallest absolute Gasteiger partial charge is 0.302 e. The normalized spacial score (nSPS) is 22.6. The number of nitrogens with one attached hydrogen (secondary N) is 1. The average molecular weight is 506 g/mol. The van der Waals surface area contributed by atoms with E-state index < -0.39 is 34.1 Å². The predicted octanol–water partition coefficient (Wildman–Crippen LogP) is 1.14. The molecule has 2 fully saturated rings. The van der Waals surface area contributed by atoms with E-state index in [2.05, 4.69) is 35.3 Å². The van der Waals surface area contributed by atoms with Crippen LogP contribution >= 0.6 is 15.9 Å². The molecule has 1 N–H and O–H groups in total. The molecule has 14 heteroatoms. The van der Waals surface area contributed by atoms with E-state index in [0.29, 0.717) is 0 Å². The number of ether oxygens (including phenoxy) is 2. The molecule has 0 saturated carbocycles. The van der Waals surface area contributed by atoms with E-state index in [1.165, 1.54) is 28.6 Å². The first-order chi connectivity index (χ1) is 14.3. The van der Waals surface area contributed by atoms with Gasteiger partial charge in [-0.15, -0.1) is 0 Å². The summed E-state index contributed by atoms with van der Waals surface area (Å²) in [5.41, 5.74) is 0.165. The van der Waals surface area contributed by atoms with Gasteiger partial charge in [-0.25, -0.2) is 9.37 Å². The van der Waals surface area contributed by atoms with Crippen LogP contribution in [0.3, 0.4) is 0 Å². The third-order valence-corrected chi connectivity index (χ3v) is 6.89. The first-order valence-corrected chi connectivity index (χ1v) is 11.1. The largest absolute Gasteiger partial charge is 0.479 e. The molecule has 2 aliphatic heterocycles. The van der Waals surface area contributed by atoms with Crippen molar-refractivity contribution in [1.29, 1.82) is 0 Å². The van der Waals surface area contributed by atoms with Crippen molar-refractivity contribution in [2.75, 3.05) is 36.4 Å². The van der Waals surface area contributed by atoms with Gasteiger partial charge in [0, 0.05) is 25.2 Å². The van der Waals surface area contributed by atoms with Gasteiger partial charge in [0.15, 0.2) is 11.6 Å². The second-order valence-electron chi connectivity index (χ2n) is 6.61. The fourth-order valence-electron chi connectivity index (χ4n) is 3.52. The van der Waals surface area contributed by atoms with E-state index >= 15 is 0 Å². The summed E-state index contributed by atoms with van der Waals surface area (Å²) in [6.45, 7) is -0.181. The number of hydrogen-bond acceptors (Lipinski definition) is 8. The maximum absolute atomic E-state index is 14.2. The molecular formula is C16H17BrFN5O6S. The lowest BCUT2D eigenvalue weighted by Crippen LogP contribution is -2.62. The molecule has 11 nitrogen and oxygen atoms in total. The highest BCUT2D eigenvalue weighted by Crippen LogP contribution is 2.36. The first-order valence-electron chi connectivity index (χ1n) is 8.82.